The normalized spacial score (nSPS) is 49.5. The molecule has 0 aromatic heterocycles. The zero-order chi connectivity index (χ0) is 22.8. The third-order valence-corrected chi connectivity index (χ3v) is 12.3. The molecule has 0 bridgehead atoms. The number of hydrogen-bond donors (Lipinski definition) is 1. The van der Waals surface area contributed by atoms with Crippen molar-refractivity contribution in [2.24, 2.45) is 51.2 Å². The van der Waals surface area contributed by atoms with Crippen LogP contribution in [0.3, 0.4) is 0 Å². The van der Waals surface area contributed by atoms with Gasteiger partial charge < -0.3 is 5.11 Å². The first-order valence-corrected chi connectivity index (χ1v) is 13.7. The Morgan fingerprint density at radius 3 is 2.23 bits per heavy atom. The maximum atomic E-state index is 10.8. The second kappa shape index (κ2) is 7.89. The highest BCUT2D eigenvalue weighted by Gasteiger charge is 2.68. The lowest BCUT2D eigenvalue weighted by Crippen LogP contribution is -2.63. The fraction of sp³-hybridized carbons (Fsp3) is 0.933. The average Bonchev–Trinajstić information content (AvgIpc) is 3.03. The van der Waals surface area contributed by atoms with Crippen LogP contribution in [0.15, 0.2) is 11.6 Å². The van der Waals surface area contributed by atoms with Crippen LogP contribution in [0, 0.1) is 51.2 Å². The number of allylic oxidation sites excluding steroid dienone is 2. The van der Waals surface area contributed by atoms with Crippen molar-refractivity contribution in [1.82, 2.24) is 0 Å². The zero-order valence-electron chi connectivity index (χ0n) is 22.1. The van der Waals surface area contributed by atoms with Crippen molar-refractivity contribution in [3.05, 3.63) is 11.6 Å². The lowest BCUT2D eigenvalue weighted by molar-refractivity contribution is -0.222. The molecule has 9 atom stereocenters. The first-order valence-electron chi connectivity index (χ1n) is 13.7. The van der Waals surface area contributed by atoms with Crippen LogP contribution >= 0.6 is 0 Å². The largest absolute Gasteiger partial charge is 0.393 e. The number of aliphatic hydroxyl groups is 1. The molecule has 1 unspecified atom stereocenters. The minimum atomic E-state index is -0.112. The summed E-state index contributed by atoms with van der Waals surface area (Å²) in [7, 11) is 0. The number of rotatable bonds is 4. The maximum Gasteiger partial charge on any atom is 0.0594 e. The molecule has 4 fully saturated rings. The Balaban J connectivity index is 1.58. The van der Waals surface area contributed by atoms with E-state index < -0.39 is 0 Å². The van der Waals surface area contributed by atoms with Crippen molar-refractivity contribution >= 4 is 0 Å². The highest BCUT2D eigenvalue weighted by atomic mass is 16.3. The van der Waals surface area contributed by atoms with E-state index in [4.69, 9.17) is 0 Å². The molecule has 0 aromatic carbocycles. The van der Waals surface area contributed by atoms with Gasteiger partial charge in [0.25, 0.3) is 0 Å². The Hall–Kier alpha value is -0.300. The van der Waals surface area contributed by atoms with Crippen LogP contribution in [-0.2, 0) is 0 Å². The molecule has 0 saturated heterocycles. The molecule has 178 valence electrons. The predicted molar refractivity (Wildman–Crippen MR) is 133 cm³/mol. The Bertz CT molecular complexity index is 701. The van der Waals surface area contributed by atoms with E-state index in [-0.39, 0.29) is 11.5 Å². The van der Waals surface area contributed by atoms with Crippen molar-refractivity contribution in [3.8, 4) is 0 Å². The summed E-state index contributed by atoms with van der Waals surface area (Å²) >= 11 is 0. The lowest BCUT2D eigenvalue weighted by atomic mass is 9.35. The van der Waals surface area contributed by atoms with Gasteiger partial charge in [-0.15, -0.1) is 0 Å². The molecule has 4 saturated carbocycles. The lowest BCUT2D eigenvalue weighted by Gasteiger charge is -2.70. The van der Waals surface area contributed by atoms with Gasteiger partial charge in [0.2, 0.25) is 0 Å². The van der Waals surface area contributed by atoms with Crippen molar-refractivity contribution in [2.45, 2.75) is 126 Å². The molecule has 0 radical (unpaired) electrons. The second-order valence-corrected chi connectivity index (χ2v) is 14.1. The van der Waals surface area contributed by atoms with Gasteiger partial charge in [-0.05, 0) is 129 Å². The fourth-order valence-corrected chi connectivity index (χ4v) is 10.3. The van der Waals surface area contributed by atoms with Crippen molar-refractivity contribution in [1.29, 1.82) is 0 Å². The molecule has 0 amide bonds. The molecule has 0 spiro atoms. The van der Waals surface area contributed by atoms with Crippen LogP contribution in [0.4, 0.5) is 0 Å². The first-order chi connectivity index (χ1) is 14.4. The van der Waals surface area contributed by atoms with Crippen molar-refractivity contribution in [3.63, 3.8) is 0 Å². The number of fused-ring (bicyclic) bond motifs is 5. The molecule has 0 heterocycles. The molecular weight excluding hydrogens is 376 g/mol. The molecule has 4 aliphatic rings. The zero-order valence-corrected chi connectivity index (χ0v) is 22.1. The van der Waals surface area contributed by atoms with Gasteiger partial charge in [-0.1, -0.05) is 53.2 Å². The van der Waals surface area contributed by atoms with E-state index in [1.165, 1.54) is 63.4 Å². The average molecular weight is 429 g/mol. The van der Waals surface area contributed by atoms with Crippen molar-refractivity contribution in [2.75, 3.05) is 0 Å². The van der Waals surface area contributed by atoms with Gasteiger partial charge in [-0.25, -0.2) is 0 Å². The van der Waals surface area contributed by atoms with E-state index in [0.717, 1.165) is 30.1 Å². The minimum Gasteiger partial charge on any atom is -0.393 e. The van der Waals surface area contributed by atoms with E-state index in [1.807, 2.05) is 0 Å². The summed E-state index contributed by atoms with van der Waals surface area (Å²) < 4.78 is 0. The monoisotopic (exact) mass is 428 g/mol. The summed E-state index contributed by atoms with van der Waals surface area (Å²) in [5.74, 6) is 4.24. The third kappa shape index (κ3) is 3.41. The Labute approximate surface area is 193 Å². The van der Waals surface area contributed by atoms with Gasteiger partial charge in [0.15, 0.2) is 0 Å². The molecule has 31 heavy (non-hydrogen) atoms. The molecule has 0 aromatic rings. The van der Waals surface area contributed by atoms with Gasteiger partial charge in [-0.3, -0.25) is 0 Å². The highest BCUT2D eigenvalue weighted by molar-refractivity contribution is 5.17. The van der Waals surface area contributed by atoms with Crippen LogP contribution < -0.4 is 0 Å². The van der Waals surface area contributed by atoms with Crippen LogP contribution in [0.1, 0.15) is 120 Å². The molecule has 4 rings (SSSR count). The maximum absolute atomic E-state index is 10.8. The molecule has 0 aliphatic heterocycles. The third-order valence-electron chi connectivity index (χ3n) is 12.3. The van der Waals surface area contributed by atoms with Crippen molar-refractivity contribution < 1.29 is 5.11 Å². The molecule has 1 heteroatoms. The van der Waals surface area contributed by atoms with Gasteiger partial charge in [0.05, 0.1) is 6.10 Å². The van der Waals surface area contributed by atoms with E-state index >= 15 is 0 Å². The van der Waals surface area contributed by atoms with Crippen LogP contribution in [0.5, 0.6) is 0 Å². The number of hydrogen-bond acceptors (Lipinski definition) is 1. The van der Waals surface area contributed by atoms with Gasteiger partial charge >= 0.3 is 0 Å². The van der Waals surface area contributed by atoms with Crippen LogP contribution in [0.25, 0.3) is 0 Å². The topological polar surface area (TPSA) is 20.2 Å². The molecule has 1 nitrogen and oxygen atoms in total. The van der Waals surface area contributed by atoms with E-state index in [2.05, 4.69) is 61.5 Å². The minimum absolute atomic E-state index is 0.0731. The summed E-state index contributed by atoms with van der Waals surface area (Å²) in [6.45, 7) is 19.9. The SMILES string of the molecule is CC(C)=CCC[C@@H](C)[C@H]1CC[C@@]2(C)[C@H]1CC[C@@H]1[C@@]3(C)CC[C@H](O)C(C)(C)C3CC[C@]12C. The Morgan fingerprint density at radius 2 is 1.55 bits per heavy atom. The van der Waals surface area contributed by atoms with Gasteiger partial charge in [-0.2, -0.15) is 0 Å². The summed E-state index contributed by atoms with van der Waals surface area (Å²) in [4.78, 5) is 0. The predicted octanol–water partition coefficient (Wildman–Crippen LogP) is 8.41. The summed E-state index contributed by atoms with van der Waals surface area (Å²) in [5, 5.41) is 10.8. The second-order valence-electron chi connectivity index (χ2n) is 14.1. The van der Waals surface area contributed by atoms with Gasteiger partial charge in [0.1, 0.15) is 0 Å². The number of aliphatic hydroxyl groups excluding tert-OH is 1. The summed E-state index contributed by atoms with van der Waals surface area (Å²) in [5.41, 5.74) is 2.95. The van der Waals surface area contributed by atoms with Crippen LogP contribution in [0.2, 0.25) is 0 Å². The Morgan fingerprint density at radius 1 is 0.871 bits per heavy atom. The fourth-order valence-electron chi connectivity index (χ4n) is 10.3. The molecular formula is C30H52O. The highest BCUT2D eigenvalue weighted by Crippen LogP contribution is 2.75. The summed E-state index contributed by atoms with van der Waals surface area (Å²) in [6.07, 6.45) is 15.8. The van der Waals surface area contributed by atoms with E-state index in [0.29, 0.717) is 22.2 Å². The molecule has 1 N–H and O–H groups in total. The van der Waals surface area contributed by atoms with E-state index in [9.17, 15) is 5.11 Å². The quantitative estimate of drug-likeness (QED) is 0.445. The van der Waals surface area contributed by atoms with E-state index in [1.54, 1.807) is 0 Å². The molecule has 4 aliphatic carbocycles. The van der Waals surface area contributed by atoms with Gasteiger partial charge in [0, 0.05) is 0 Å². The Kier molecular flexibility index (Phi) is 6.07. The standard InChI is InChI=1S/C30H52O/c1-20(2)10-9-11-21(3)22-14-18-29(7)23(22)12-13-25-28(6)17-16-26(31)27(4,5)24(28)15-19-30(25,29)8/h10,21-26,31H,9,11-19H2,1-8H3/t21-,22-,23+,24?,25-,26+,28+,29+,30-/m1/s1. The van der Waals surface area contributed by atoms with Crippen LogP contribution in [-0.4, -0.2) is 11.2 Å². The summed E-state index contributed by atoms with van der Waals surface area (Å²) in [6, 6.07) is 0. The smallest absolute Gasteiger partial charge is 0.0594 e. The first kappa shape index (κ1) is 23.8.